The number of ether oxygens (including phenoxy) is 2. The zero-order valence-corrected chi connectivity index (χ0v) is 15.3. The first-order valence-electron chi connectivity index (χ1n) is 8.50. The Kier molecular flexibility index (Phi) is 5.39. The summed E-state index contributed by atoms with van der Waals surface area (Å²) in [7, 11) is 1.50. The lowest BCUT2D eigenvalue weighted by atomic mass is 10.1. The number of rotatable bonds is 6. The smallest absolute Gasteiger partial charge is 0.326 e. The third-order valence-corrected chi connectivity index (χ3v) is 4.18. The van der Waals surface area contributed by atoms with Crippen LogP contribution in [0.25, 0.3) is 0 Å². The van der Waals surface area contributed by atoms with Crippen molar-refractivity contribution in [2.24, 2.45) is 0 Å². The topological polar surface area (TPSA) is 102 Å². The van der Waals surface area contributed by atoms with Gasteiger partial charge in [0.25, 0.3) is 17.7 Å². The van der Waals surface area contributed by atoms with E-state index in [1.165, 1.54) is 26.2 Å². The lowest BCUT2D eigenvalue weighted by Crippen LogP contribution is -2.38. The second-order valence-corrected chi connectivity index (χ2v) is 6.10. The second-order valence-electron chi connectivity index (χ2n) is 6.10. The van der Waals surface area contributed by atoms with E-state index < -0.39 is 36.3 Å². The fraction of sp³-hybridized carbons (Fsp3) is 0.200. The maximum atomic E-state index is 12.3. The van der Waals surface area contributed by atoms with E-state index in [2.05, 4.69) is 5.32 Å². The van der Waals surface area contributed by atoms with E-state index >= 15 is 0 Å². The minimum Gasteiger partial charge on any atom is -0.497 e. The highest BCUT2D eigenvalue weighted by atomic mass is 16.5. The van der Waals surface area contributed by atoms with Crippen LogP contribution in [0.3, 0.4) is 0 Å². The number of carbonyl (C=O) groups is 4. The summed E-state index contributed by atoms with van der Waals surface area (Å²) in [5.41, 5.74) is 0.959. The molecule has 1 heterocycles. The Morgan fingerprint density at radius 3 is 2.29 bits per heavy atom. The SMILES string of the molecule is COc1cccc(NC(=O)[C@@H](C)OC(=O)CN2C(=O)c3ccccc3C2=O)c1. The van der Waals surface area contributed by atoms with Crippen LogP contribution in [0.5, 0.6) is 5.75 Å². The molecule has 0 unspecified atom stereocenters. The van der Waals surface area contributed by atoms with Crippen molar-refractivity contribution >= 4 is 29.4 Å². The standard InChI is InChI=1S/C20H18N2O6/c1-12(18(24)21-13-6-5-7-14(10-13)27-2)28-17(23)11-22-19(25)15-8-3-4-9-16(15)20(22)26/h3-10,12H,11H2,1-2H3,(H,21,24)/t12-/m1/s1. The molecule has 0 radical (unpaired) electrons. The van der Waals surface area contributed by atoms with Gasteiger partial charge >= 0.3 is 5.97 Å². The summed E-state index contributed by atoms with van der Waals surface area (Å²) in [6.07, 6.45) is -1.12. The monoisotopic (exact) mass is 382 g/mol. The number of methoxy groups -OCH3 is 1. The van der Waals surface area contributed by atoms with Crippen LogP contribution in [0.1, 0.15) is 27.6 Å². The summed E-state index contributed by atoms with van der Waals surface area (Å²) >= 11 is 0. The van der Waals surface area contributed by atoms with Crippen molar-refractivity contribution in [3.63, 3.8) is 0 Å². The van der Waals surface area contributed by atoms with Gasteiger partial charge in [0.05, 0.1) is 18.2 Å². The maximum Gasteiger partial charge on any atom is 0.326 e. The molecule has 2 aromatic carbocycles. The Balaban J connectivity index is 1.58. The van der Waals surface area contributed by atoms with E-state index in [9.17, 15) is 19.2 Å². The minimum absolute atomic E-state index is 0.240. The largest absolute Gasteiger partial charge is 0.497 e. The number of amides is 3. The Bertz CT molecular complexity index is 920. The first-order chi connectivity index (χ1) is 13.4. The van der Waals surface area contributed by atoms with Gasteiger partial charge in [0.1, 0.15) is 12.3 Å². The van der Waals surface area contributed by atoms with Crippen molar-refractivity contribution in [2.75, 3.05) is 19.0 Å². The predicted octanol–water partition coefficient (Wildman–Crippen LogP) is 1.86. The van der Waals surface area contributed by atoms with E-state index in [4.69, 9.17) is 9.47 Å². The summed E-state index contributed by atoms with van der Waals surface area (Å²) in [5, 5.41) is 2.60. The van der Waals surface area contributed by atoms with Gasteiger partial charge in [-0.1, -0.05) is 18.2 Å². The fourth-order valence-electron chi connectivity index (χ4n) is 2.74. The quantitative estimate of drug-likeness (QED) is 0.604. The fourth-order valence-corrected chi connectivity index (χ4v) is 2.74. The Morgan fingerprint density at radius 1 is 1.04 bits per heavy atom. The molecule has 3 amide bonds. The predicted molar refractivity (Wildman–Crippen MR) is 99.0 cm³/mol. The highest BCUT2D eigenvalue weighted by Crippen LogP contribution is 2.22. The molecule has 2 aromatic rings. The molecule has 8 nitrogen and oxygen atoms in total. The normalized spacial score (nSPS) is 13.7. The summed E-state index contributed by atoms with van der Waals surface area (Å²) in [4.78, 5) is 49.7. The van der Waals surface area contributed by atoms with Crippen LogP contribution in [0.15, 0.2) is 48.5 Å². The molecule has 1 atom stereocenters. The number of anilines is 1. The van der Waals surface area contributed by atoms with E-state index in [1.807, 2.05) is 0 Å². The van der Waals surface area contributed by atoms with Gasteiger partial charge in [-0.25, -0.2) is 0 Å². The number of nitrogens with zero attached hydrogens (tertiary/aromatic N) is 1. The first kappa shape index (κ1) is 19.1. The number of esters is 1. The van der Waals surface area contributed by atoms with Crippen molar-refractivity contribution in [1.82, 2.24) is 4.90 Å². The second kappa shape index (κ2) is 7.91. The van der Waals surface area contributed by atoms with Crippen LogP contribution in [0.2, 0.25) is 0 Å². The number of benzene rings is 2. The van der Waals surface area contributed by atoms with Gasteiger partial charge in [-0.15, -0.1) is 0 Å². The van der Waals surface area contributed by atoms with Gasteiger partial charge in [0.15, 0.2) is 6.10 Å². The summed E-state index contributed by atoms with van der Waals surface area (Å²) < 4.78 is 10.1. The molecule has 1 aliphatic rings. The van der Waals surface area contributed by atoms with Crippen LogP contribution in [-0.2, 0) is 14.3 Å². The molecule has 144 valence electrons. The van der Waals surface area contributed by atoms with Crippen molar-refractivity contribution in [2.45, 2.75) is 13.0 Å². The van der Waals surface area contributed by atoms with Gasteiger partial charge in [0.2, 0.25) is 0 Å². The van der Waals surface area contributed by atoms with E-state index in [-0.39, 0.29) is 11.1 Å². The number of carbonyl (C=O) groups excluding carboxylic acids is 4. The molecular weight excluding hydrogens is 364 g/mol. The molecular formula is C20H18N2O6. The molecule has 0 aromatic heterocycles. The number of hydrogen-bond donors (Lipinski definition) is 1. The molecule has 3 rings (SSSR count). The van der Waals surface area contributed by atoms with Crippen molar-refractivity contribution in [3.8, 4) is 5.75 Å². The first-order valence-corrected chi connectivity index (χ1v) is 8.50. The van der Waals surface area contributed by atoms with E-state index in [1.54, 1.807) is 36.4 Å². The highest BCUT2D eigenvalue weighted by Gasteiger charge is 2.37. The zero-order chi connectivity index (χ0) is 20.3. The van der Waals surface area contributed by atoms with Crippen LogP contribution in [0, 0.1) is 0 Å². The average molecular weight is 382 g/mol. The number of imide groups is 1. The number of hydrogen-bond acceptors (Lipinski definition) is 6. The van der Waals surface area contributed by atoms with Crippen LogP contribution in [0.4, 0.5) is 5.69 Å². The Morgan fingerprint density at radius 2 is 1.68 bits per heavy atom. The van der Waals surface area contributed by atoms with Crippen LogP contribution in [-0.4, -0.2) is 48.3 Å². The molecule has 0 spiro atoms. The molecule has 1 aliphatic heterocycles. The molecule has 0 saturated carbocycles. The van der Waals surface area contributed by atoms with Crippen LogP contribution < -0.4 is 10.1 Å². The summed E-state index contributed by atoms with van der Waals surface area (Å²) in [5.74, 6) is -1.98. The number of nitrogens with one attached hydrogen (secondary N) is 1. The van der Waals surface area contributed by atoms with Crippen molar-refractivity contribution in [1.29, 1.82) is 0 Å². The molecule has 0 saturated heterocycles. The van der Waals surface area contributed by atoms with Gasteiger partial charge < -0.3 is 14.8 Å². The third kappa shape index (κ3) is 3.85. The van der Waals surface area contributed by atoms with Gasteiger partial charge in [-0.05, 0) is 31.2 Å². The molecule has 0 fully saturated rings. The Labute approximate surface area is 161 Å². The van der Waals surface area contributed by atoms with Gasteiger partial charge in [0, 0.05) is 11.8 Å². The Hall–Kier alpha value is -3.68. The number of fused-ring (bicyclic) bond motifs is 1. The molecule has 0 bridgehead atoms. The highest BCUT2D eigenvalue weighted by molar-refractivity contribution is 6.22. The van der Waals surface area contributed by atoms with Gasteiger partial charge in [-0.2, -0.15) is 0 Å². The van der Waals surface area contributed by atoms with Crippen molar-refractivity contribution in [3.05, 3.63) is 59.7 Å². The van der Waals surface area contributed by atoms with E-state index in [0.717, 1.165) is 4.90 Å². The van der Waals surface area contributed by atoms with Crippen molar-refractivity contribution < 1.29 is 28.7 Å². The zero-order valence-electron chi connectivity index (χ0n) is 15.3. The summed E-state index contributed by atoms with van der Waals surface area (Å²) in [6.45, 7) is 0.832. The molecule has 28 heavy (non-hydrogen) atoms. The van der Waals surface area contributed by atoms with Gasteiger partial charge in [-0.3, -0.25) is 24.1 Å². The molecule has 1 N–H and O–H groups in total. The maximum absolute atomic E-state index is 12.3. The third-order valence-electron chi connectivity index (χ3n) is 4.18. The average Bonchev–Trinajstić information content (AvgIpc) is 2.93. The molecule has 8 heteroatoms. The lowest BCUT2D eigenvalue weighted by molar-refractivity contribution is -0.153. The van der Waals surface area contributed by atoms with E-state index in [0.29, 0.717) is 11.4 Å². The van der Waals surface area contributed by atoms with Crippen LogP contribution >= 0.6 is 0 Å². The lowest BCUT2D eigenvalue weighted by Gasteiger charge is -2.17. The molecule has 0 aliphatic carbocycles. The minimum atomic E-state index is -1.12. The summed E-state index contributed by atoms with van der Waals surface area (Å²) in [6, 6.07) is 13.0.